The smallest absolute Gasteiger partial charge is 0.106 e. The molecule has 0 unspecified atom stereocenters. The maximum atomic E-state index is 5.92. The summed E-state index contributed by atoms with van der Waals surface area (Å²) in [5, 5.41) is 10.6. The molecule has 0 heterocycles. The van der Waals surface area contributed by atoms with Gasteiger partial charge in [-0.1, -0.05) is 231 Å². The van der Waals surface area contributed by atoms with Crippen LogP contribution in [0.1, 0.15) is 230 Å². The van der Waals surface area contributed by atoms with E-state index in [-0.39, 0.29) is 0 Å². The van der Waals surface area contributed by atoms with Crippen LogP contribution in [-0.2, 0) is 0 Å². The topological polar surface area (TPSA) is 36.1 Å². The van der Waals surface area contributed by atoms with Gasteiger partial charge in [0.25, 0.3) is 0 Å². The lowest BCUT2D eigenvalue weighted by Gasteiger charge is -2.15. The molecular formula is C45H81N3S3. The van der Waals surface area contributed by atoms with Crippen molar-refractivity contribution >= 4 is 51.6 Å². The van der Waals surface area contributed by atoms with Crippen molar-refractivity contribution in [1.29, 1.82) is 0 Å². The molecule has 0 aromatic heterocycles. The molecule has 0 amide bonds. The van der Waals surface area contributed by atoms with Crippen molar-refractivity contribution in [2.45, 2.75) is 213 Å². The van der Waals surface area contributed by atoms with Crippen LogP contribution in [-0.4, -0.2) is 34.6 Å². The highest BCUT2D eigenvalue weighted by molar-refractivity contribution is 7.81. The van der Waals surface area contributed by atoms with Crippen molar-refractivity contribution in [2.75, 3.05) is 19.6 Å². The Morgan fingerprint density at radius 1 is 0.314 bits per heavy atom. The maximum absolute atomic E-state index is 5.92. The summed E-state index contributed by atoms with van der Waals surface area (Å²) in [6.45, 7) is 9.60. The minimum absolute atomic E-state index is 0.795. The van der Waals surface area contributed by atoms with Crippen LogP contribution >= 0.6 is 36.7 Å². The number of benzene rings is 1. The molecule has 0 bridgehead atoms. The lowest BCUT2D eigenvalue weighted by atomic mass is 10.0. The quantitative estimate of drug-likeness (QED) is 0.0467. The van der Waals surface area contributed by atoms with Crippen LogP contribution < -0.4 is 16.0 Å². The van der Waals surface area contributed by atoms with Crippen LogP contribution in [0.5, 0.6) is 0 Å². The highest BCUT2D eigenvalue weighted by Crippen LogP contribution is 2.16. The van der Waals surface area contributed by atoms with Crippen molar-refractivity contribution in [1.82, 2.24) is 16.0 Å². The first-order valence-corrected chi connectivity index (χ1v) is 23.3. The zero-order valence-corrected chi connectivity index (χ0v) is 36.2. The van der Waals surface area contributed by atoms with E-state index in [1.807, 2.05) is 0 Å². The second kappa shape index (κ2) is 35.9. The average molecular weight is 760 g/mol. The average Bonchev–Trinajstić information content (AvgIpc) is 3.14. The summed E-state index contributed by atoms with van der Waals surface area (Å²) in [6, 6.07) is 6.45. The minimum Gasteiger partial charge on any atom is -0.376 e. The molecule has 0 atom stereocenters. The predicted molar refractivity (Wildman–Crippen MR) is 241 cm³/mol. The van der Waals surface area contributed by atoms with Gasteiger partial charge in [0, 0.05) is 36.3 Å². The maximum Gasteiger partial charge on any atom is 0.106 e. The van der Waals surface area contributed by atoms with Crippen molar-refractivity contribution in [3.05, 3.63) is 34.9 Å². The number of thiocarbonyl (C=S) groups is 3. The standard InChI is InChI=1S/C45H81N3S3/c1-4-7-10-13-16-19-22-25-28-31-34-46-43(49)40-37-41(44(50)47-35-32-29-26-23-20-17-14-11-8-5-2)39-42(38-40)45(51)48-36-33-30-27-24-21-18-15-12-9-6-3/h37-39H,4-36H2,1-3H3,(H,46,49)(H,47,50)(H,48,51). The first-order chi connectivity index (χ1) is 25.0. The van der Waals surface area contributed by atoms with Gasteiger partial charge in [-0.15, -0.1) is 0 Å². The highest BCUT2D eigenvalue weighted by atomic mass is 32.1. The van der Waals surface area contributed by atoms with Crippen LogP contribution in [0.15, 0.2) is 18.2 Å². The lowest BCUT2D eigenvalue weighted by molar-refractivity contribution is 0.555. The minimum atomic E-state index is 0.795. The first kappa shape index (κ1) is 47.9. The molecule has 0 fully saturated rings. The van der Waals surface area contributed by atoms with Gasteiger partial charge in [0.05, 0.1) is 0 Å². The summed E-state index contributed by atoms with van der Waals surface area (Å²) < 4.78 is 0. The number of hydrogen-bond donors (Lipinski definition) is 3. The molecule has 1 aromatic carbocycles. The van der Waals surface area contributed by atoms with E-state index in [9.17, 15) is 0 Å². The molecule has 3 nitrogen and oxygen atoms in total. The van der Waals surface area contributed by atoms with Crippen molar-refractivity contribution in [2.24, 2.45) is 0 Å². The summed E-state index contributed by atoms with van der Waals surface area (Å²) in [7, 11) is 0. The normalized spacial score (nSPS) is 11.1. The fourth-order valence-corrected chi connectivity index (χ4v) is 7.43. The van der Waals surface area contributed by atoms with E-state index >= 15 is 0 Å². The third-order valence-electron chi connectivity index (χ3n) is 10.2. The fourth-order valence-electron chi connectivity index (χ4n) is 6.77. The van der Waals surface area contributed by atoms with Crippen LogP contribution in [0.25, 0.3) is 0 Å². The Morgan fingerprint density at radius 3 is 0.686 bits per heavy atom. The molecule has 0 saturated carbocycles. The lowest BCUT2D eigenvalue weighted by Crippen LogP contribution is -2.28. The molecule has 1 aromatic rings. The third-order valence-corrected chi connectivity index (χ3v) is 11.3. The van der Waals surface area contributed by atoms with Gasteiger partial charge >= 0.3 is 0 Å². The molecule has 3 N–H and O–H groups in total. The Balaban J connectivity index is 2.56. The van der Waals surface area contributed by atoms with Gasteiger partial charge in [0.1, 0.15) is 15.0 Å². The van der Waals surface area contributed by atoms with Gasteiger partial charge in [-0.25, -0.2) is 0 Å². The van der Waals surface area contributed by atoms with Gasteiger partial charge in [0.15, 0.2) is 0 Å². The fraction of sp³-hybridized carbons (Fsp3) is 0.800. The van der Waals surface area contributed by atoms with Crippen molar-refractivity contribution in [3.63, 3.8) is 0 Å². The molecule has 1 rings (SSSR count). The summed E-state index contributed by atoms with van der Waals surface area (Å²) in [6.07, 6.45) is 40.2. The number of nitrogens with one attached hydrogen (secondary N) is 3. The Labute approximate surface area is 333 Å². The molecule has 0 aliphatic rings. The van der Waals surface area contributed by atoms with Crippen molar-refractivity contribution in [3.8, 4) is 0 Å². The number of hydrogen-bond acceptors (Lipinski definition) is 3. The Kier molecular flexibility index (Phi) is 33.7. The van der Waals surface area contributed by atoms with E-state index in [0.717, 1.165) is 70.6 Å². The Bertz CT molecular complexity index is 859. The molecular weight excluding hydrogens is 679 g/mol. The second-order valence-corrected chi connectivity index (χ2v) is 16.3. The molecule has 0 aliphatic carbocycles. The Morgan fingerprint density at radius 2 is 0.490 bits per heavy atom. The predicted octanol–water partition coefficient (Wildman–Crippen LogP) is 14.2. The van der Waals surface area contributed by atoms with Crippen LogP contribution in [0, 0.1) is 0 Å². The van der Waals surface area contributed by atoms with Gasteiger partial charge in [0.2, 0.25) is 0 Å². The third kappa shape index (κ3) is 28.1. The summed E-state index contributed by atoms with van der Waals surface area (Å²) in [5.74, 6) is 0. The zero-order valence-electron chi connectivity index (χ0n) is 33.8. The first-order valence-electron chi connectivity index (χ1n) is 22.0. The molecule has 0 saturated heterocycles. The summed E-state index contributed by atoms with van der Waals surface area (Å²) in [4.78, 5) is 2.39. The van der Waals surface area contributed by atoms with Crippen molar-refractivity contribution < 1.29 is 0 Å². The van der Waals surface area contributed by atoms with Gasteiger partial charge in [-0.3, -0.25) is 0 Å². The molecule has 0 spiro atoms. The SMILES string of the molecule is CCCCCCCCCCCCNC(=S)c1cc(C(=S)NCCCCCCCCCCCC)cc(C(=S)NCCCCCCCCCCCC)c1. The summed E-state index contributed by atoms with van der Waals surface area (Å²) >= 11 is 17.8. The molecule has 294 valence electrons. The Hall–Kier alpha value is -1.11. The van der Waals surface area contributed by atoms with E-state index in [2.05, 4.69) is 54.9 Å². The monoisotopic (exact) mass is 760 g/mol. The van der Waals surface area contributed by atoms with E-state index < -0.39 is 0 Å². The number of rotatable bonds is 36. The van der Waals surface area contributed by atoms with Gasteiger partial charge < -0.3 is 16.0 Å². The van der Waals surface area contributed by atoms with E-state index in [1.165, 1.54) is 173 Å². The molecule has 51 heavy (non-hydrogen) atoms. The molecule has 0 aliphatic heterocycles. The van der Waals surface area contributed by atoms with Crippen LogP contribution in [0.3, 0.4) is 0 Å². The van der Waals surface area contributed by atoms with E-state index in [4.69, 9.17) is 36.7 Å². The largest absolute Gasteiger partial charge is 0.376 e. The molecule has 6 heteroatoms. The number of unbranched alkanes of at least 4 members (excludes halogenated alkanes) is 27. The van der Waals surface area contributed by atoms with Crippen LogP contribution in [0.4, 0.5) is 0 Å². The van der Waals surface area contributed by atoms with Crippen LogP contribution in [0.2, 0.25) is 0 Å². The van der Waals surface area contributed by atoms with Gasteiger partial charge in [-0.05, 0) is 37.5 Å². The zero-order chi connectivity index (χ0) is 37.0. The second-order valence-electron chi connectivity index (χ2n) is 15.1. The van der Waals surface area contributed by atoms with E-state index in [1.54, 1.807) is 0 Å². The van der Waals surface area contributed by atoms with E-state index in [0.29, 0.717) is 0 Å². The highest BCUT2D eigenvalue weighted by Gasteiger charge is 2.12. The summed E-state index contributed by atoms with van der Waals surface area (Å²) in [5.41, 5.74) is 3.03. The molecule has 0 radical (unpaired) electrons. The van der Waals surface area contributed by atoms with Gasteiger partial charge in [-0.2, -0.15) is 0 Å².